The van der Waals surface area contributed by atoms with Gasteiger partial charge >= 0.3 is 0 Å². The van der Waals surface area contributed by atoms with Crippen LogP contribution in [0.1, 0.15) is 12.0 Å². The van der Waals surface area contributed by atoms with Gasteiger partial charge in [-0.3, -0.25) is 9.69 Å². The highest BCUT2D eigenvalue weighted by atomic mass is 35.5. The van der Waals surface area contributed by atoms with Crippen LogP contribution in [0.25, 0.3) is 0 Å². The summed E-state index contributed by atoms with van der Waals surface area (Å²) in [7, 11) is 0. The van der Waals surface area contributed by atoms with Crippen LogP contribution in [0.3, 0.4) is 0 Å². The molecule has 1 N–H and O–H groups in total. The summed E-state index contributed by atoms with van der Waals surface area (Å²) in [4.78, 5) is 14.1. The predicted molar refractivity (Wildman–Crippen MR) is 80.0 cm³/mol. The van der Waals surface area contributed by atoms with E-state index in [1.807, 2.05) is 24.3 Å². The first kappa shape index (κ1) is 15.3. The van der Waals surface area contributed by atoms with Gasteiger partial charge in [-0.1, -0.05) is 23.7 Å². The molecule has 20 heavy (non-hydrogen) atoms. The Kier molecular flexibility index (Phi) is 6.30. The molecule has 110 valence electrons. The Balaban J connectivity index is 1.60. The van der Waals surface area contributed by atoms with Crippen LogP contribution in [0, 0.1) is 0 Å². The third kappa shape index (κ3) is 5.49. The lowest BCUT2D eigenvalue weighted by atomic mass is 10.1. The summed E-state index contributed by atoms with van der Waals surface area (Å²) in [6.07, 6.45) is 1.23. The fraction of sp³-hybridized carbons (Fsp3) is 0.533. The average molecular weight is 297 g/mol. The molecule has 1 amide bonds. The fourth-order valence-electron chi connectivity index (χ4n) is 2.22. The topological polar surface area (TPSA) is 41.6 Å². The smallest absolute Gasteiger partial charge is 0.220 e. The van der Waals surface area contributed by atoms with Crippen molar-refractivity contribution in [3.05, 3.63) is 34.9 Å². The Morgan fingerprint density at radius 2 is 2.15 bits per heavy atom. The van der Waals surface area contributed by atoms with Gasteiger partial charge in [0, 0.05) is 37.6 Å². The van der Waals surface area contributed by atoms with Crippen molar-refractivity contribution in [3.8, 4) is 0 Å². The predicted octanol–water partition coefficient (Wildman–Crippen LogP) is 1.72. The van der Waals surface area contributed by atoms with Crippen LogP contribution in [0.4, 0.5) is 0 Å². The molecular formula is C15H21ClN2O2. The molecular weight excluding hydrogens is 276 g/mol. The summed E-state index contributed by atoms with van der Waals surface area (Å²) in [6.45, 7) is 5.10. The maximum Gasteiger partial charge on any atom is 0.220 e. The van der Waals surface area contributed by atoms with Crippen LogP contribution in [0.5, 0.6) is 0 Å². The monoisotopic (exact) mass is 296 g/mol. The molecule has 0 spiro atoms. The van der Waals surface area contributed by atoms with Gasteiger partial charge < -0.3 is 10.1 Å². The van der Waals surface area contributed by atoms with Gasteiger partial charge in [0.15, 0.2) is 0 Å². The van der Waals surface area contributed by atoms with Crippen molar-refractivity contribution in [1.82, 2.24) is 10.2 Å². The van der Waals surface area contributed by atoms with Gasteiger partial charge in [0.1, 0.15) is 0 Å². The molecule has 4 nitrogen and oxygen atoms in total. The molecule has 2 rings (SSSR count). The number of benzene rings is 1. The molecule has 1 aromatic carbocycles. The lowest BCUT2D eigenvalue weighted by molar-refractivity contribution is -0.121. The summed E-state index contributed by atoms with van der Waals surface area (Å²) >= 11 is 5.91. The minimum atomic E-state index is 0.0956. The number of hydrogen-bond donors (Lipinski definition) is 1. The summed E-state index contributed by atoms with van der Waals surface area (Å²) in [5.74, 6) is 0.0956. The Hall–Kier alpha value is -1.10. The van der Waals surface area contributed by atoms with E-state index in [2.05, 4.69) is 10.2 Å². The third-order valence-corrected chi connectivity index (χ3v) is 3.62. The van der Waals surface area contributed by atoms with Crippen molar-refractivity contribution < 1.29 is 9.53 Å². The van der Waals surface area contributed by atoms with E-state index in [0.29, 0.717) is 13.0 Å². The van der Waals surface area contributed by atoms with Crippen LogP contribution in [-0.2, 0) is 16.0 Å². The molecule has 0 aromatic heterocycles. The number of ether oxygens (including phenoxy) is 1. The first-order chi connectivity index (χ1) is 9.74. The maximum absolute atomic E-state index is 11.8. The summed E-state index contributed by atoms with van der Waals surface area (Å²) in [6, 6.07) is 7.65. The van der Waals surface area contributed by atoms with E-state index in [9.17, 15) is 4.79 Å². The number of hydrogen-bond acceptors (Lipinski definition) is 3. The second-order valence-electron chi connectivity index (χ2n) is 4.93. The van der Waals surface area contributed by atoms with Crippen LogP contribution >= 0.6 is 11.6 Å². The van der Waals surface area contributed by atoms with Crippen LogP contribution in [0.15, 0.2) is 24.3 Å². The zero-order valence-corrected chi connectivity index (χ0v) is 12.4. The van der Waals surface area contributed by atoms with Gasteiger partial charge in [-0.25, -0.2) is 0 Å². The molecule has 0 radical (unpaired) electrons. The molecule has 1 saturated heterocycles. The van der Waals surface area contributed by atoms with Crippen molar-refractivity contribution in [2.24, 2.45) is 0 Å². The van der Waals surface area contributed by atoms with Crippen LogP contribution in [0.2, 0.25) is 5.02 Å². The number of carbonyl (C=O) groups excluding carboxylic acids is 1. The molecule has 0 unspecified atom stereocenters. The second-order valence-corrected chi connectivity index (χ2v) is 5.37. The minimum absolute atomic E-state index is 0.0956. The number of aryl methyl sites for hydroxylation is 1. The van der Waals surface area contributed by atoms with Gasteiger partial charge in [-0.15, -0.1) is 0 Å². The van der Waals surface area contributed by atoms with E-state index in [1.165, 1.54) is 0 Å². The Bertz CT molecular complexity index is 434. The maximum atomic E-state index is 11.8. The molecule has 0 bridgehead atoms. The highest BCUT2D eigenvalue weighted by molar-refractivity contribution is 6.30. The molecule has 0 saturated carbocycles. The fourth-order valence-corrected chi connectivity index (χ4v) is 2.43. The first-order valence-corrected chi connectivity index (χ1v) is 7.43. The molecule has 0 aliphatic carbocycles. The van der Waals surface area contributed by atoms with E-state index in [1.54, 1.807) is 0 Å². The molecule has 1 aliphatic rings. The van der Waals surface area contributed by atoms with Gasteiger partial charge in [-0.05, 0) is 24.1 Å². The molecule has 1 aliphatic heterocycles. The molecule has 5 heteroatoms. The quantitative estimate of drug-likeness (QED) is 0.869. The number of halogens is 1. The second kappa shape index (κ2) is 8.25. The Morgan fingerprint density at radius 1 is 1.35 bits per heavy atom. The Labute approximate surface area is 125 Å². The summed E-state index contributed by atoms with van der Waals surface area (Å²) < 4.78 is 5.28. The van der Waals surface area contributed by atoms with Gasteiger partial charge in [0.25, 0.3) is 0 Å². The lowest BCUT2D eigenvalue weighted by Crippen LogP contribution is -2.41. The van der Waals surface area contributed by atoms with Crippen molar-refractivity contribution in [2.45, 2.75) is 12.8 Å². The highest BCUT2D eigenvalue weighted by Gasteiger charge is 2.10. The van der Waals surface area contributed by atoms with Gasteiger partial charge in [-0.2, -0.15) is 0 Å². The Morgan fingerprint density at radius 3 is 2.90 bits per heavy atom. The first-order valence-electron chi connectivity index (χ1n) is 7.05. The van der Waals surface area contributed by atoms with Gasteiger partial charge in [0.05, 0.1) is 13.2 Å². The standard InChI is InChI=1S/C15H21ClN2O2/c16-14-3-1-2-13(12-14)4-5-15(19)17-6-7-18-8-10-20-11-9-18/h1-3,12H,4-11H2,(H,17,19). The van der Waals surface area contributed by atoms with Crippen molar-refractivity contribution in [2.75, 3.05) is 39.4 Å². The van der Waals surface area contributed by atoms with Crippen molar-refractivity contribution in [1.29, 1.82) is 0 Å². The number of morpholine rings is 1. The SMILES string of the molecule is O=C(CCc1cccc(Cl)c1)NCCN1CCOCC1. The van der Waals surface area contributed by atoms with E-state index < -0.39 is 0 Å². The third-order valence-electron chi connectivity index (χ3n) is 3.38. The number of nitrogens with zero attached hydrogens (tertiary/aromatic N) is 1. The summed E-state index contributed by atoms with van der Waals surface area (Å²) in [5.41, 5.74) is 1.10. The van der Waals surface area contributed by atoms with Crippen molar-refractivity contribution >= 4 is 17.5 Å². The van der Waals surface area contributed by atoms with Gasteiger partial charge in [0.2, 0.25) is 5.91 Å². The minimum Gasteiger partial charge on any atom is -0.379 e. The van der Waals surface area contributed by atoms with E-state index >= 15 is 0 Å². The van der Waals surface area contributed by atoms with Crippen LogP contribution < -0.4 is 5.32 Å². The molecule has 1 aromatic rings. The molecule has 0 atom stereocenters. The number of amides is 1. The highest BCUT2D eigenvalue weighted by Crippen LogP contribution is 2.11. The molecule has 1 heterocycles. The lowest BCUT2D eigenvalue weighted by Gasteiger charge is -2.26. The number of nitrogens with one attached hydrogen (secondary N) is 1. The van der Waals surface area contributed by atoms with Crippen molar-refractivity contribution in [3.63, 3.8) is 0 Å². The normalized spacial score (nSPS) is 16.1. The van der Waals surface area contributed by atoms with E-state index in [4.69, 9.17) is 16.3 Å². The largest absolute Gasteiger partial charge is 0.379 e. The van der Waals surface area contributed by atoms with Crippen LogP contribution in [-0.4, -0.2) is 50.2 Å². The average Bonchev–Trinajstić information content (AvgIpc) is 2.46. The zero-order valence-electron chi connectivity index (χ0n) is 11.6. The molecule has 1 fully saturated rings. The van der Waals surface area contributed by atoms with E-state index in [-0.39, 0.29) is 5.91 Å². The number of rotatable bonds is 6. The zero-order chi connectivity index (χ0) is 14.2. The number of carbonyl (C=O) groups is 1. The summed E-state index contributed by atoms with van der Waals surface area (Å²) in [5, 5.41) is 3.68. The van der Waals surface area contributed by atoms with E-state index in [0.717, 1.165) is 49.9 Å².